The Bertz CT molecular complexity index is 357. The summed E-state index contributed by atoms with van der Waals surface area (Å²) >= 11 is 0. The molecule has 0 radical (unpaired) electrons. The van der Waals surface area contributed by atoms with Crippen molar-refractivity contribution in [1.29, 1.82) is 0 Å². The van der Waals surface area contributed by atoms with Gasteiger partial charge >= 0.3 is 5.97 Å². The zero-order valence-electron chi connectivity index (χ0n) is 7.94. The summed E-state index contributed by atoms with van der Waals surface area (Å²) in [5.74, 6) is -0.317. The molecule has 1 rings (SSSR count). The molecule has 0 unspecified atom stereocenters. The van der Waals surface area contributed by atoms with E-state index in [0.717, 1.165) is 5.56 Å². The van der Waals surface area contributed by atoms with E-state index in [-0.39, 0.29) is 17.8 Å². The number of hydrogen-bond acceptors (Lipinski definition) is 4. The number of carbonyl (C=O) groups excluding carboxylic acids is 2. The molecule has 0 spiro atoms. The van der Waals surface area contributed by atoms with Gasteiger partial charge in [0.15, 0.2) is 0 Å². The Morgan fingerprint density at radius 2 is 2.14 bits per heavy atom. The van der Waals surface area contributed by atoms with Crippen molar-refractivity contribution in [3.05, 3.63) is 29.3 Å². The Kier molecular flexibility index (Phi) is 3.23. The Labute approximate surface area is 81.4 Å². The smallest absolute Gasteiger partial charge is 0.341 e. The Hall–Kier alpha value is -1.84. The Balaban J connectivity index is 3.14. The van der Waals surface area contributed by atoms with Gasteiger partial charge in [0.2, 0.25) is 0 Å². The van der Waals surface area contributed by atoms with Crippen molar-refractivity contribution in [2.75, 3.05) is 7.11 Å². The van der Waals surface area contributed by atoms with E-state index in [1.807, 2.05) is 6.92 Å². The first-order chi connectivity index (χ1) is 6.69. The second kappa shape index (κ2) is 4.41. The average molecular weight is 194 g/mol. The third-order valence-corrected chi connectivity index (χ3v) is 1.72. The number of hydrogen-bond donors (Lipinski definition) is 0. The van der Waals surface area contributed by atoms with Crippen LogP contribution in [0.2, 0.25) is 0 Å². The van der Waals surface area contributed by atoms with Crippen molar-refractivity contribution in [2.24, 2.45) is 0 Å². The van der Waals surface area contributed by atoms with E-state index in [9.17, 15) is 9.59 Å². The fourth-order valence-electron chi connectivity index (χ4n) is 1.07. The normalized spacial score (nSPS) is 9.29. The molecule has 0 saturated carbocycles. The fraction of sp³-hybridized carbons (Fsp3) is 0.200. The summed E-state index contributed by atoms with van der Waals surface area (Å²) in [6.07, 6.45) is 0. The summed E-state index contributed by atoms with van der Waals surface area (Å²) in [7, 11) is 1.27. The van der Waals surface area contributed by atoms with Gasteiger partial charge in [0, 0.05) is 0 Å². The van der Waals surface area contributed by atoms with E-state index in [0.29, 0.717) is 0 Å². The molecule has 4 nitrogen and oxygen atoms in total. The molecule has 0 aliphatic heterocycles. The van der Waals surface area contributed by atoms with Crippen LogP contribution in [-0.2, 0) is 9.53 Å². The van der Waals surface area contributed by atoms with Gasteiger partial charge in [0.05, 0.1) is 7.11 Å². The maximum atomic E-state index is 11.2. The van der Waals surface area contributed by atoms with Gasteiger partial charge in [-0.2, -0.15) is 0 Å². The van der Waals surface area contributed by atoms with Gasteiger partial charge < -0.3 is 9.47 Å². The highest BCUT2D eigenvalue weighted by Gasteiger charge is 2.12. The van der Waals surface area contributed by atoms with Crippen LogP contribution in [0, 0.1) is 6.92 Å². The third kappa shape index (κ3) is 2.10. The minimum Gasteiger partial charge on any atom is -0.465 e. The molecule has 0 N–H and O–H groups in total. The van der Waals surface area contributed by atoms with Crippen molar-refractivity contribution in [3.63, 3.8) is 0 Å². The molecule has 1 aromatic rings. The zero-order valence-corrected chi connectivity index (χ0v) is 7.94. The Morgan fingerprint density at radius 3 is 2.71 bits per heavy atom. The van der Waals surface area contributed by atoms with E-state index in [2.05, 4.69) is 9.47 Å². The monoisotopic (exact) mass is 194 g/mol. The third-order valence-electron chi connectivity index (χ3n) is 1.72. The molecular formula is C10H10O4. The van der Waals surface area contributed by atoms with Crippen LogP contribution in [0.5, 0.6) is 5.75 Å². The maximum absolute atomic E-state index is 11.2. The summed E-state index contributed by atoms with van der Waals surface area (Å²) in [5, 5.41) is 0. The summed E-state index contributed by atoms with van der Waals surface area (Å²) in [6, 6.07) is 4.89. The molecule has 0 aliphatic carbocycles. The van der Waals surface area contributed by atoms with Gasteiger partial charge in [0.25, 0.3) is 6.47 Å². The number of ether oxygens (including phenoxy) is 2. The van der Waals surface area contributed by atoms with Crippen LogP contribution in [0.25, 0.3) is 0 Å². The quantitative estimate of drug-likeness (QED) is 0.537. The van der Waals surface area contributed by atoms with E-state index in [1.54, 1.807) is 18.2 Å². The zero-order chi connectivity index (χ0) is 10.6. The topological polar surface area (TPSA) is 52.6 Å². The minimum atomic E-state index is -0.523. The second-order valence-electron chi connectivity index (χ2n) is 2.71. The highest BCUT2D eigenvalue weighted by Crippen LogP contribution is 2.20. The van der Waals surface area contributed by atoms with Gasteiger partial charge in [-0.25, -0.2) is 4.79 Å². The SMILES string of the molecule is COC(=O)c1cc(C)ccc1OC=O. The summed E-state index contributed by atoms with van der Waals surface area (Å²) in [6.45, 7) is 2.11. The summed E-state index contributed by atoms with van der Waals surface area (Å²) in [5.41, 5.74) is 1.14. The van der Waals surface area contributed by atoms with Crippen LogP contribution in [0.3, 0.4) is 0 Å². The predicted molar refractivity (Wildman–Crippen MR) is 49.2 cm³/mol. The lowest BCUT2D eigenvalue weighted by molar-refractivity contribution is -0.120. The number of methoxy groups -OCH3 is 1. The van der Waals surface area contributed by atoms with E-state index in [4.69, 9.17) is 0 Å². The molecule has 0 amide bonds. The molecule has 0 heterocycles. The molecule has 0 fully saturated rings. The van der Waals surface area contributed by atoms with Crippen molar-refractivity contribution in [3.8, 4) is 5.75 Å². The van der Waals surface area contributed by atoms with Gasteiger partial charge in [-0.05, 0) is 24.6 Å². The number of benzene rings is 1. The standard InChI is InChI=1S/C10H10O4/c1-7-3-4-9(14-6-11)8(5-7)10(12)13-2/h3-6H,1-2H3. The largest absolute Gasteiger partial charge is 0.465 e. The predicted octanol–water partition coefficient (Wildman–Crippen LogP) is 1.32. The van der Waals surface area contributed by atoms with E-state index < -0.39 is 5.97 Å². The van der Waals surface area contributed by atoms with Crippen molar-refractivity contribution >= 4 is 12.4 Å². The lowest BCUT2D eigenvalue weighted by atomic mass is 10.1. The number of esters is 1. The van der Waals surface area contributed by atoms with Gasteiger partial charge in [0.1, 0.15) is 11.3 Å². The molecule has 1 aromatic carbocycles. The van der Waals surface area contributed by atoms with Crippen molar-refractivity contribution in [1.82, 2.24) is 0 Å². The molecule has 0 aromatic heterocycles. The summed E-state index contributed by atoms with van der Waals surface area (Å²) < 4.78 is 9.18. The van der Waals surface area contributed by atoms with Gasteiger partial charge in [-0.1, -0.05) is 6.07 Å². The molecule has 14 heavy (non-hydrogen) atoms. The highest BCUT2D eigenvalue weighted by molar-refractivity contribution is 5.93. The van der Waals surface area contributed by atoms with Gasteiger partial charge in [-0.3, -0.25) is 4.79 Å². The van der Waals surface area contributed by atoms with Crippen LogP contribution in [0.1, 0.15) is 15.9 Å². The number of rotatable bonds is 3. The van der Waals surface area contributed by atoms with Crippen LogP contribution >= 0.6 is 0 Å². The first kappa shape index (κ1) is 10.2. The van der Waals surface area contributed by atoms with Gasteiger partial charge in [-0.15, -0.1) is 0 Å². The molecule has 0 aliphatic rings. The molecule has 0 saturated heterocycles. The first-order valence-corrected chi connectivity index (χ1v) is 3.98. The van der Waals surface area contributed by atoms with Crippen LogP contribution in [0.4, 0.5) is 0 Å². The minimum absolute atomic E-state index is 0.206. The Morgan fingerprint density at radius 1 is 1.43 bits per heavy atom. The number of carbonyl (C=O) groups is 2. The average Bonchev–Trinajstić information content (AvgIpc) is 2.20. The van der Waals surface area contributed by atoms with Crippen LogP contribution < -0.4 is 4.74 Å². The lowest BCUT2D eigenvalue weighted by Crippen LogP contribution is -2.05. The first-order valence-electron chi connectivity index (χ1n) is 3.98. The molecule has 0 bridgehead atoms. The van der Waals surface area contributed by atoms with Crippen molar-refractivity contribution < 1.29 is 19.1 Å². The van der Waals surface area contributed by atoms with E-state index in [1.165, 1.54) is 7.11 Å². The molecule has 4 heteroatoms. The maximum Gasteiger partial charge on any atom is 0.341 e. The second-order valence-corrected chi connectivity index (χ2v) is 2.71. The summed E-state index contributed by atoms with van der Waals surface area (Å²) in [4.78, 5) is 21.4. The molecular weight excluding hydrogens is 184 g/mol. The van der Waals surface area contributed by atoms with E-state index >= 15 is 0 Å². The van der Waals surface area contributed by atoms with Crippen LogP contribution in [-0.4, -0.2) is 19.6 Å². The lowest BCUT2D eigenvalue weighted by Gasteiger charge is -2.05. The van der Waals surface area contributed by atoms with Crippen molar-refractivity contribution in [2.45, 2.75) is 6.92 Å². The highest BCUT2D eigenvalue weighted by atomic mass is 16.5. The molecule has 74 valence electrons. The van der Waals surface area contributed by atoms with Crippen LogP contribution in [0.15, 0.2) is 18.2 Å². The number of aryl methyl sites for hydroxylation is 1. The fourth-order valence-corrected chi connectivity index (χ4v) is 1.07. The molecule has 0 atom stereocenters.